The predicted octanol–water partition coefficient (Wildman–Crippen LogP) is 4.26. The largest absolute Gasteiger partial charge is 0.459 e. The molecule has 1 aliphatic heterocycles. The lowest BCUT2D eigenvalue weighted by Crippen LogP contribution is -2.43. The maximum atomic E-state index is 12.5. The van der Waals surface area contributed by atoms with Crippen LogP contribution in [0, 0.1) is 0 Å². The molecule has 0 saturated carbocycles. The number of benzene rings is 1. The van der Waals surface area contributed by atoms with Gasteiger partial charge in [-0.1, -0.05) is 0 Å². The minimum atomic E-state index is -4.45. The molecule has 0 bridgehead atoms. The van der Waals surface area contributed by atoms with E-state index in [2.05, 4.69) is 0 Å². The summed E-state index contributed by atoms with van der Waals surface area (Å²) in [7, 11) is 0. The number of nitrogens with zero attached hydrogens (tertiary/aromatic N) is 1. The first kappa shape index (κ1) is 20.1. The van der Waals surface area contributed by atoms with Crippen LogP contribution < -0.4 is 0 Å². The second-order valence-electron chi connectivity index (χ2n) is 7.15. The van der Waals surface area contributed by atoms with Crippen LogP contribution in [-0.4, -0.2) is 41.8 Å². The molecule has 0 unspecified atom stereocenters. The molecule has 0 aliphatic carbocycles. The van der Waals surface area contributed by atoms with Gasteiger partial charge in [-0.05, 0) is 45.0 Å². The molecule has 0 spiro atoms. The first-order valence-electron chi connectivity index (χ1n) is 8.32. The molecule has 1 aliphatic rings. The zero-order valence-electron chi connectivity index (χ0n) is 14.9. The minimum absolute atomic E-state index is 0.0626. The van der Waals surface area contributed by atoms with Crippen molar-refractivity contribution in [3.63, 3.8) is 0 Å². The molecule has 1 heterocycles. The molecule has 1 fully saturated rings. The van der Waals surface area contributed by atoms with Crippen molar-refractivity contribution in [3.05, 3.63) is 35.4 Å². The average molecular weight is 373 g/mol. The van der Waals surface area contributed by atoms with Gasteiger partial charge < -0.3 is 14.4 Å². The van der Waals surface area contributed by atoms with Gasteiger partial charge >= 0.3 is 18.2 Å². The standard InChI is InChI=1S/C18H22F3NO4/c1-17(2,3)26-16(24)22-10-8-14(9-11-22)25-15(23)12-4-6-13(7-5-12)18(19,20)21/h4-7,14H,8-11H2,1-3H3. The van der Waals surface area contributed by atoms with Crippen LogP contribution in [0.1, 0.15) is 49.5 Å². The monoisotopic (exact) mass is 373 g/mol. The van der Waals surface area contributed by atoms with E-state index in [1.54, 1.807) is 25.7 Å². The van der Waals surface area contributed by atoms with Gasteiger partial charge in [0.05, 0.1) is 11.1 Å². The van der Waals surface area contributed by atoms with E-state index in [-0.39, 0.29) is 11.7 Å². The predicted molar refractivity (Wildman–Crippen MR) is 87.7 cm³/mol. The van der Waals surface area contributed by atoms with Crippen LogP contribution in [0.5, 0.6) is 0 Å². The average Bonchev–Trinajstić information content (AvgIpc) is 2.53. The van der Waals surface area contributed by atoms with Gasteiger partial charge in [0.1, 0.15) is 11.7 Å². The van der Waals surface area contributed by atoms with Gasteiger partial charge in [-0.2, -0.15) is 13.2 Å². The highest BCUT2D eigenvalue weighted by Gasteiger charge is 2.31. The van der Waals surface area contributed by atoms with Crippen molar-refractivity contribution in [1.82, 2.24) is 4.90 Å². The summed E-state index contributed by atoms with van der Waals surface area (Å²) < 4.78 is 48.2. The van der Waals surface area contributed by atoms with Crippen molar-refractivity contribution < 1.29 is 32.2 Å². The minimum Gasteiger partial charge on any atom is -0.459 e. The number of rotatable bonds is 2. The number of alkyl halides is 3. The number of ether oxygens (including phenoxy) is 2. The van der Waals surface area contributed by atoms with Crippen molar-refractivity contribution in [2.75, 3.05) is 13.1 Å². The Labute approximate surface area is 150 Å². The highest BCUT2D eigenvalue weighted by molar-refractivity contribution is 5.89. The molecule has 0 N–H and O–H groups in total. The molecule has 1 aromatic rings. The highest BCUT2D eigenvalue weighted by Crippen LogP contribution is 2.29. The van der Waals surface area contributed by atoms with Crippen molar-refractivity contribution in [2.45, 2.75) is 51.5 Å². The Balaban J connectivity index is 1.85. The van der Waals surface area contributed by atoms with E-state index in [1.807, 2.05) is 0 Å². The Kier molecular flexibility index (Phi) is 5.83. The zero-order valence-corrected chi connectivity index (χ0v) is 14.9. The van der Waals surface area contributed by atoms with Gasteiger partial charge in [-0.3, -0.25) is 0 Å². The quantitative estimate of drug-likeness (QED) is 0.727. The van der Waals surface area contributed by atoms with Crippen LogP contribution >= 0.6 is 0 Å². The lowest BCUT2D eigenvalue weighted by Gasteiger charge is -2.33. The molecule has 0 atom stereocenters. The van der Waals surface area contributed by atoms with Crippen LogP contribution in [0.3, 0.4) is 0 Å². The topological polar surface area (TPSA) is 55.8 Å². The summed E-state index contributed by atoms with van der Waals surface area (Å²) in [6.07, 6.45) is -4.35. The van der Waals surface area contributed by atoms with Crippen LogP contribution in [0.25, 0.3) is 0 Å². The van der Waals surface area contributed by atoms with Crippen LogP contribution in [-0.2, 0) is 15.7 Å². The summed E-state index contributed by atoms with van der Waals surface area (Å²) in [6.45, 7) is 6.12. The molecule has 5 nitrogen and oxygen atoms in total. The first-order chi connectivity index (χ1) is 12.0. The molecule has 1 saturated heterocycles. The van der Waals surface area contributed by atoms with Crippen molar-refractivity contribution >= 4 is 12.1 Å². The van der Waals surface area contributed by atoms with E-state index in [4.69, 9.17) is 9.47 Å². The number of amides is 1. The Morgan fingerprint density at radius 3 is 2.04 bits per heavy atom. The molecule has 144 valence electrons. The second kappa shape index (κ2) is 7.55. The van der Waals surface area contributed by atoms with Gasteiger partial charge in [-0.25, -0.2) is 9.59 Å². The third-order valence-corrected chi connectivity index (χ3v) is 3.82. The molecule has 1 amide bonds. The fourth-order valence-electron chi connectivity index (χ4n) is 2.50. The van der Waals surface area contributed by atoms with E-state index in [9.17, 15) is 22.8 Å². The first-order valence-corrected chi connectivity index (χ1v) is 8.32. The Bertz CT molecular complexity index is 642. The molecule has 0 radical (unpaired) electrons. The van der Waals surface area contributed by atoms with E-state index < -0.39 is 29.4 Å². The molecule has 26 heavy (non-hydrogen) atoms. The lowest BCUT2D eigenvalue weighted by molar-refractivity contribution is -0.137. The van der Waals surface area contributed by atoms with Gasteiger partial charge in [-0.15, -0.1) is 0 Å². The number of likely N-dealkylation sites (tertiary alicyclic amines) is 1. The molecular weight excluding hydrogens is 351 g/mol. The van der Waals surface area contributed by atoms with Gasteiger partial charge in [0, 0.05) is 25.9 Å². The SMILES string of the molecule is CC(C)(C)OC(=O)N1CCC(OC(=O)c2ccc(C(F)(F)F)cc2)CC1. The van der Waals surface area contributed by atoms with Gasteiger partial charge in [0.15, 0.2) is 0 Å². The van der Waals surface area contributed by atoms with E-state index >= 15 is 0 Å². The Hall–Kier alpha value is -2.25. The van der Waals surface area contributed by atoms with Crippen LogP contribution in [0.2, 0.25) is 0 Å². The number of esters is 1. The lowest BCUT2D eigenvalue weighted by atomic mass is 10.1. The number of carbonyl (C=O) groups excluding carboxylic acids is 2. The second-order valence-corrected chi connectivity index (χ2v) is 7.15. The summed E-state index contributed by atoms with van der Waals surface area (Å²) in [4.78, 5) is 25.6. The number of carbonyl (C=O) groups is 2. The molecular formula is C18H22F3NO4. The number of halogens is 3. The smallest absolute Gasteiger partial charge is 0.416 e. The third-order valence-electron chi connectivity index (χ3n) is 3.82. The maximum absolute atomic E-state index is 12.5. The van der Waals surface area contributed by atoms with Gasteiger partial charge in [0.25, 0.3) is 0 Å². The highest BCUT2D eigenvalue weighted by atomic mass is 19.4. The fourth-order valence-corrected chi connectivity index (χ4v) is 2.50. The van der Waals surface area contributed by atoms with E-state index in [0.29, 0.717) is 25.9 Å². The van der Waals surface area contributed by atoms with E-state index in [0.717, 1.165) is 24.3 Å². The zero-order chi connectivity index (χ0) is 19.5. The van der Waals surface area contributed by atoms with E-state index in [1.165, 1.54) is 0 Å². The summed E-state index contributed by atoms with van der Waals surface area (Å²) in [5.74, 6) is -0.672. The van der Waals surface area contributed by atoms with Crippen LogP contribution in [0.15, 0.2) is 24.3 Å². The molecule has 8 heteroatoms. The number of hydrogen-bond donors (Lipinski definition) is 0. The van der Waals surface area contributed by atoms with Crippen molar-refractivity contribution in [1.29, 1.82) is 0 Å². The van der Waals surface area contributed by atoms with Crippen LogP contribution in [0.4, 0.5) is 18.0 Å². The summed E-state index contributed by atoms with van der Waals surface area (Å²) >= 11 is 0. The molecule has 2 rings (SSSR count). The fraction of sp³-hybridized carbons (Fsp3) is 0.556. The summed E-state index contributed by atoms with van der Waals surface area (Å²) in [5, 5.41) is 0. The van der Waals surface area contributed by atoms with Crippen molar-refractivity contribution in [3.8, 4) is 0 Å². The van der Waals surface area contributed by atoms with Gasteiger partial charge in [0.2, 0.25) is 0 Å². The Morgan fingerprint density at radius 1 is 1.04 bits per heavy atom. The Morgan fingerprint density at radius 2 is 1.58 bits per heavy atom. The molecule has 0 aromatic heterocycles. The maximum Gasteiger partial charge on any atom is 0.416 e. The molecule has 1 aromatic carbocycles. The van der Waals surface area contributed by atoms with Crippen molar-refractivity contribution in [2.24, 2.45) is 0 Å². The number of hydrogen-bond acceptors (Lipinski definition) is 4. The third kappa shape index (κ3) is 5.64. The number of piperidine rings is 1. The summed E-state index contributed by atoms with van der Waals surface area (Å²) in [6, 6.07) is 3.89. The normalized spacial score (nSPS) is 16.3. The summed E-state index contributed by atoms with van der Waals surface area (Å²) in [5.41, 5.74) is -1.34.